The normalized spacial score (nSPS) is 19.2. The summed E-state index contributed by atoms with van der Waals surface area (Å²) in [5, 5.41) is 0.202. The highest BCUT2D eigenvalue weighted by Crippen LogP contribution is 2.40. The van der Waals surface area contributed by atoms with Crippen molar-refractivity contribution in [3.8, 4) is 0 Å². The van der Waals surface area contributed by atoms with Gasteiger partial charge in [0.05, 0.1) is 5.38 Å². The van der Waals surface area contributed by atoms with Crippen molar-refractivity contribution in [3.63, 3.8) is 0 Å². The second-order valence-electron chi connectivity index (χ2n) is 4.76. The first-order valence-electron chi connectivity index (χ1n) is 6.06. The molecule has 1 unspecified atom stereocenters. The highest BCUT2D eigenvalue weighted by Gasteiger charge is 2.19. The molecule has 16 heavy (non-hydrogen) atoms. The second-order valence-corrected chi connectivity index (χ2v) is 7.43. The van der Waals surface area contributed by atoms with E-state index in [4.69, 9.17) is 11.6 Å². The summed E-state index contributed by atoms with van der Waals surface area (Å²) in [5.41, 5.74) is 0. The van der Waals surface area contributed by atoms with Gasteiger partial charge in [-0.25, -0.2) is 0 Å². The number of thiophene rings is 1. The minimum absolute atomic E-state index is 0.202. The summed E-state index contributed by atoms with van der Waals surface area (Å²) in [7, 11) is 0. The molecule has 90 valence electrons. The highest BCUT2D eigenvalue weighted by atomic mass is 79.9. The molecule has 0 spiro atoms. The van der Waals surface area contributed by atoms with Gasteiger partial charge in [-0.05, 0) is 47.7 Å². The maximum atomic E-state index is 6.48. The lowest BCUT2D eigenvalue weighted by Crippen LogP contribution is -1.96. The van der Waals surface area contributed by atoms with E-state index in [1.54, 1.807) is 0 Å². The fourth-order valence-electron chi connectivity index (χ4n) is 2.53. The van der Waals surface area contributed by atoms with Gasteiger partial charge in [-0.1, -0.05) is 25.7 Å². The van der Waals surface area contributed by atoms with Crippen molar-refractivity contribution in [3.05, 3.63) is 20.3 Å². The van der Waals surface area contributed by atoms with E-state index in [0.717, 1.165) is 12.3 Å². The molecule has 3 heteroatoms. The third kappa shape index (κ3) is 3.24. The zero-order valence-electron chi connectivity index (χ0n) is 9.64. The molecule has 0 nitrogen and oxygen atoms in total. The van der Waals surface area contributed by atoms with E-state index < -0.39 is 0 Å². The molecule has 0 amide bonds. The van der Waals surface area contributed by atoms with Gasteiger partial charge in [0, 0.05) is 14.2 Å². The van der Waals surface area contributed by atoms with Crippen molar-refractivity contribution >= 4 is 38.9 Å². The largest absolute Gasteiger partial charge is 0.143 e. The molecule has 1 aromatic heterocycles. The zero-order chi connectivity index (χ0) is 11.5. The summed E-state index contributed by atoms with van der Waals surface area (Å²) in [6.45, 7) is 2.14. The Hall–Kier alpha value is 0.470. The molecule has 0 bridgehead atoms. The third-order valence-electron chi connectivity index (χ3n) is 3.42. The Morgan fingerprint density at radius 2 is 2.19 bits per heavy atom. The Kier molecular flexibility index (Phi) is 4.75. The average Bonchev–Trinajstić information content (AvgIpc) is 2.84. The third-order valence-corrected chi connectivity index (χ3v) is 6.07. The minimum atomic E-state index is 0.202. The van der Waals surface area contributed by atoms with Crippen LogP contribution in [0.2, 0.25) is 0 Å². The van der Waals surface area contributed by atoms with E-state index >= 15 is 0 Å². The van der Waals surface area contributed by atoms with Gasteiger partial charge in [0.1, 0.15) is 0 Å². The van der Waals surface area contributed by atoms with Gasteiger partial charge in [-0.15, -0.1) is 22.9 Å². The Morgan fingerprint density at radius 1 is 1.50 bits per heavy atom. The van der Waals surface area contributed by atoms with Crippen LogP contribution in [0.1, 0.15) is 53.7 Å². The summed E-state index contributed by atoms with van der Waals surface area (Å²) in [5.74, 6) is 0.945. The number of aryl methyl sites for hydroxylation is 1. The van der Waals surface area contributed by atoms with Gasteiger partial charge in [0.15, 0.2) is 0 Å². The molecule has 1 aliphatic rings. The first-order valence-corrected chi connectivity index (χ1v) is 8.11. The number of rotatable bonds is 4. The maximum absolute atomic E-state index is 6.48. The summed E-state index contributed by atoms with van der Waals surface area (Å²) >= 11 is 11.9. The molecule has 1 aliphatic carbocycles. The van der Waals surface area contributed by atoms with E-state index in [2.05, 4.69) is 28.9 Å². The van der Waals surface area contributed by atoms with Crippen LogP contribution < -0.4 is 0 Å². The standard InChI is InChI=1S/C13H18BrClS/c1-9-8-11(14)13(16-9)12(15)7-6-10-4-2-3-5-10/h8,10,12H,2-7H2,1H3. The van der Waals surface area contributed by atoms with E-state index in [1.165, 1.54) is 46.3 Å². The van der Waals surface area contributed by atoms with Crippen LogP contribution in [0, 0.1) is 12.8 Å². The Balaban J connectivity index is 1.87. The fourth-order valence-corrected chi connectivity index (χ4v) is 4.98. The molecule has 1 heterocycles. The van der Waals surface area contributed by atoms with Crippen LogP contribution in [0.5, 0.6) is 0 Å². The molecule has 0 radical (unpaired) electrons. The van der Waals surface area contributed by atoms with Crippen molar-refractivity contribution < 1.29 is 0 Å². The van der Waals surface area contributed by atoms with Gasteiger partial charge in [-0.3, -0.25) is 0 Å². The quantitative estimate of drug-likeness (QED) is 0.590. The van der Waals surface area contributed by atoms with E-state index in [-0.39, 0.29) is 5.38 Å². The molecule has 0 N–H and O–H groups in total. The topological polar surface area (TPSA) is 0 Å². The first-order chi connectivity index (χ1) is 7.66. The Labute approximate surface area is 116 Å². The lowest BCUT2D eigenvalue weighted by atomic mass is 10.0. The van der Waals surface area contributed by atoms with Crippen LogP contribution in [0.25, 0.3) is 0 Å². The smallest absolute Gasteiger partial charge is 0.0690 e. The summed E-state index contributed by atoms with van der Waals surface area (Å²) in [6.07, 6.45) is 8.14. The summed E-state index contributed by atoms with van der Waals surface area (Å²) in [6, 6.07) is 2.17. The van der Waals surface area contributed by atoms with Crippen molar-refractivity contribution in [2.75, 3.05) is 0 Å². The zero-order valence-corrected chi connectivity index (χ0v) is 12.8. The molecule has 0 aliphatic heterocycles. The summed E-state index contributed by atoms with van der Waals surface area (Å²) in [4.78, 5) is 2.66. The van der Waals surface area contributed by atoms with Crippen LogP contribution in [0.4, 0.5) is 0 Å². The van der Waals surface area contributed by atoms with Gasteiger partial charge in [0.25, 0.3) is 0 Å². The van der Waals surface area contributed by atoms with Gasteiger partial charge < -0.3 is 0 Å². The van der Waals surface area contributed by atoms with Crippen molar-refractivity contribution in [1.29, 1.82) is 0 Å². The molecule has 1 saturated carbocycles. The molecule has 1 aromatic rings. The highest BCUT2D eigenvalue weighted by molar-refractivity contribution is 9.10. The molecular weight excluding hydrogens is 304 g/mol. The second kappa shape index (κ2) is 5.88. The summed E-state index contributed by atoms with van der Waals surface area (Å²) < 4.78 is 1.20. The predicted octanol–water partition coefficient (Wildman–Crippen LogP) is 6.07. The van der Waals surface area contributed by atoms with Crippen LogP contribution in [0.3, 0.4) is 0 Å². The molecule has 0 aromatic carbocycles. The number of halogens is 2. The van der Waals surface area contributed by atoms with Crippen molar-refractivity contribution in [2.24, 2.45) is 5.92 Å². The van der Waals surface area contributed by atoms with Crippen LogP contribution in [-0.4, -0.2) is 0 Å². The van der Waals surface area contributed by atoms with Crippen molar-refractivity contribution in [1.82, 2.24) is 0 Å². The van der Waals surface area contributed by atoms with E-state index in [0.29, 0.717) is 0 Å². The fraction of sp³-hybridized carbons (Fsp3) is 0.692. The first kappa shape index (κ1) is 12.9. The van der Waals surface area contributed by atoms with E-state index in [1.807, 2.05) is 11.3 Å². The Bertz CT molecular complexity index is 342. The average molecular weight is 322 g/mol. The van der Waals surface area contributed by atoms with Crippen LogP contribution in [0.15, 0.2) is 10.5 Å². The SMILES string of the molecule is Cc1cc(Br)c(C(Cl)CCC2CCCC2)s1. The lowest BCUT2D eigenvalue weighted by Gasteiger charge is -2.12. The molecule has 1 atom stereocenters. The van der Waals surface area contributed by atoms with E-state index in [9.17, 15) is 0 Å². The number of hydrogen-bond donors (Lipinski definition) is 0. The van der Waals surface area contributed by atoms with Gasteiger partial charge in [0.2, 0.25) is 0 Å². The van der Waals surface area contributed by atoms with Gasteiger partial charge >= 0.3 is 0 Å². The van der Waals surface area contributed by atoms with Crippen LogP contribution >= 0.6 is 38.9 Å². The molecule has 2 rings (SSSR count). The predicted molar refractivity (Wildman–Crippen MR) is 76.5 cm³/mol. The number of alkyl halides is 1. The maximum Gasteiger partial charge on any atom is 0.0690 e. The lowest BCUT2D eigenvalue weighted by molar-refractivity contribution is 0.480. The minimum Gasteiger partial charge on any atom is -0.143 e. The van der Waals surface area contributed by atoms with Gasteiger partial charge in [-0.2, -0.15) is 0 Å². The Morgan fingerprint density at radius 3 is 2.75 bits per heavy atom. The monoisotopic (exact) mass is 320 g/mol. The molecular formula is C13H18BrClS. The van der Waals surface area contributed by atoms with Crippen molar-refractivity contribution in [2.45, 2.75) is 50.8 Å². The number of hydrogen-bond acceptors (Lipinski definition) is 1. The van der Waals surface area contributed by atoms with Crippen LogP contribution in [-0.2, 0) is 0 Å². The molecule has 0 saturated heterocycles. The molecule has 1 fully saturated rings.